The molecule has 0 amide bonds. The lowest BCUT2D eigenvalue weighted by Crippen LogP contribution is -2.38. The number of aromatic amines is 1. The largest absolute Gasteiger partial charge is 0.281 e. The Morgan fingerprint density at radius 3 is 2.60 bits per heavy atom. The molecule has 0 bridgehead atoms. The molecule has 5 rings (SSSR count). The molecule has 30 heavy (non-hydrogen) atoms. The van der Waals surface area contributed by atoms with E-state index in [-0.39, 0.29) is 10.8 Å². The normalized spacial score (nSPS) is 16.5. The number of aryl methyl sites for hydroxylation is 2. The Hall–Kier alpha value is -3.12. The van der Waals surface area contributed by atoms with Crippen molar-refractivity contribution in [3.05, 3.63) is 47.8 Å². The van der Waals surface area contributed by atoms with Crippen molar-refractivity contribution in [1.29, 1.82) is 0 Å². The van der Waals surface area contributed by atoms with Gasteiger partial charge in [-0.2, -0.15) is 19.0 Å². The number of nitrogens with zero attached hydrogens (tertiary/aromatic N) is 8. The summed E-state index contributed by atoms with van der Waals surface area (Å²) in [6, 6.07) is 5.52. The van der Waals surface area contributed by atoms with Crippen molar-refractivity contribution in [2.24, 2.45) is 0 Å². The second kappa shape index (κ2) is 6.99. The van der Waals surface area contributed by atoms with E-state index in [2.05, 4.69) is 30.6 Å². The number of piperidine rings is 1. The minimum Gasteiger partial charge on any atom is -0.281 e. The van der Waals surface area contributed by atoms with Gasteiger partial charge in [0, 0.05) is 31.4 Å². The van der Waals surface area contributed by atoms with Crippen molar-refractivity contribution in [3.8, 4) is 5.82 Å². The first-order valence-electron chi connectivity index (χ1n) is 9.69. The van der Waals surface area contributed by atoms with Crippen molar-refractivity contribution < 1.29 is 8.42 Å². The molecule has 0 saturated carbocycles. The molecule has 1 N–H and O–H groups in total. The molecule has 11 nitrogen and oxygen atoms in total. The van der Waals surface area contributed by atoms with Crippen LogP contribution in [0.15, 0.2) is 35.5 Å². The maximum absolute atomic E-state index is 13.1. The van der Waals surface area contributed by atoms with E-state index in [4.69, 9.17) is 0 Å². The molecule has 1 aliphatic heterocycles. The van der Waals surface area contributed by atoms with Crippen LogP contribution in [0.2, 0.25) is 0 Å². The summed E-state index contributed by atoms with van der Waals surface area (Å²) in [4.78, 5) is 0.277. The van der Waals surface area contributed by atoms with E-state index in [9.17, 15) is 8.42 Å². The van der Waals surface area contributed by atoms with Crippen molar-refractivity contribution in [2.45, 2.75) is 37.5 Å². The second-order valence-corrected chi connectivity index (χ2v) is 9.29. The molecule has 4 aromatic heterocycles. The molecule has 156 valence electrons. The van der Waals surface area contributed by atoms with Crippen LogP contribution >= 0.6 is 0 Å². The lowest BCUT2D eigenvalue weighted by molar-refractivity contribution is 0.311. The van der Waals surface area contributed by atoms with Gasteiger partial charge in [-0.25, -0.2) is 13.1 Å². The Balaban J connectivity index is 1.39. The fourth-order valence-electron chi connectivity index (χ4n) is 3.98. The zero-order chi connectivity index (χ0) is 20.9. The van der Waals surface area contributed by atoms with E-state index >= 15 is 0 Å². The first-order chi connectivity index (χ1) is 14.4. The Kier molecular flexibility index (Phi) is 4.40. The number of hydrogen-bond donors (Lipinski definition) is 1. The molecule has 0 radical (unpaired) electrons. The van der Waals surface area contributed by atoms with Gasteiger partial charge in [0.1, 0.15) is 4.90 Å². The lowest BCUT2D eigenvalue weighted by Gasteiger charge is -2.30. The number of H-pyrrole nitrogens is 1. The van der Waals surface area contributed by atoms with Gasteiger partial charge >= 0.3 is 0 Å². The highest BCUT2D eigenvalue weighted by Crippen LogP contribution is 2.31. The molecule has 1 fully saturated rings. The summed E-state index contributed by atoms with van der Waals surface area (Å²) in [5, 5.41) is 24.2. The van der Waals surface area contributed by atoms with Crippen molar-refractivity contribution in [1.82, 2.24) is 44.1 Å². The molecule has 1 aliphatic rings. The monoisotopic (exact) mass is 427 g/mol. The molecule has 4 aromatic rings. The molecular weight excluding hydrogens is 406 g/mol. The smallest absolute Gasteiger partial charge is 0.246 e. The summed E-state index contributed by atoms with van der Waals surface area (Å²) < 4.78 is 31.1. The van der Waals surface area contributed by atoms with Gasteiger partial charge in [0.2, 0.25) is 10.0 Å². The minimum atomic E-state index is -3.58. The standard InChI is InChI=1S/C18H21N9O2S/c1-12-17(13(2)21-20-12)30(28,29)25-10-6-14(7-11-25)18-23-22-15-4-5-16(24-27(15)18)26-9-3-8-19-26/h3-5,8-9,14H,6-7,10-11H2,1-2H3,(H,20,21). The van der Waals surface area contributed by atoms with Gasteiger partial charge in [-0.1, -0.05) is 0 Å². The van der Waals surface area contributed by atoms with Gasteiger partial charge in [-0.05, 0) is 44.9 Å². The van der Waals surface area contributed by atoms with Crippen LogP contribution in [0.25, 0.3) is 11.5 Å². The van der Waals surface area contributed by atoms with Crippen LogP contribution in [0.3, 0.4) is 0 Å². The van der Waals surface area contributed by atoms with Gasteiger partial charge in [0.15, 0.2) is 17.3 Å². The van der Waals surface area contributed by atoms with E-state index in [0.29, 0.717) is 48.8 Å². The molecular formula is C18H21N9O2S. The topological polar surface area (TPSA) is 127 Å². The molecule has 0 aromatic carbocycles. The average Bonchev–Trinajstić information content (AvgIpc) is 3.48. The van der Waals surface area contributed by atoms with E-state index in [1.165, 1.54) is 4.31 Å². The predicted octanol–water partition coefficient (Wildman–Crippen LogP) is 1.22. The third-order valence-electron chi connectivity index (χ3n) is 5.49. The highest BCUT2D eigenvalue weighted by atomic mass is 32.2. The first kappa shape index (κ1) is 18.9. The molecule has 0 atom stereocenters. The van der Waals surface area contributed by atoms with Crippen LogP contribution in [0, 0.1) is 13.8 Å². The number of fused-ring (bicyclic) bond motifs is 1. The van der Waals surface area contributed by atoms with Crippen LogP contribution < -0.4 is 0 Å². The summed E-state index contributed by atoms with van der Waals surface area (Å²) in [5.74, 6) is 1.48. The second-order valence-electron chi connectivity index (χ2n) is 7.41. The van der Waals surface area contributed by atoms with E-state index in [1.807, 2.05) is 24.4 Å². The van der Waals surface area contributed by atoms with E-state index in [1.54, 1.807) is 29.2 Å². The maximum Gasteiger partial charge on any atom is 0.246 e. The van der Waals surface area contributed by atoms with Crippen molar-refractivity contribution in [3.63, 3.8) is 0 Å². The zero-order valence-electron chi connectivity index (χ0n) is 16.6. The Morgan fingerprint density at radius 2 is 1.93 bits per heavy atom. The fourth-order valence-corrected chi connectivity index (χ4v) is 5.78. The SMILES string of the molecule is Cc1n[nH]c(C)c1S(=O)(=O)N1CCC(c2nnc3ccc(-n4cccn4)nn23)CC1. The summed E-state index contributed by atoms with van der Waals surface area (Å²) in [5.41, 5.74) is 1.71. The van der Waals surface area contributed by atoms with Crippen molar-refractivity contribution >= 4 is 15.7 Å². The predicted molar refractivity (Wildman–Crippen MR) is 107 cm³/mol. The summed E-state index contributed by atoms with van der Waals surface area (Å²) in [6.45, 7) is 4.24. The molecule has 5 heterocycles. The average molecular weight is 427 g/mol. The minimum absolute atomic E-state index is 0.0679. The molecule has 1 saturated heterocycles. The van der Waals surface area contributed by atoms with E-state index in [0.717, 1.165) is 5.82 Å². The number of aromatic nitrogens is 8. The quantitative estimate of drug-likeness (QED) is 0.519. The fraction of sp³-hybridized carbons (Fsp3) is 0.389. The van der Waals surface area contributed by atoms with Crippen molar-refractivity contribution in [2.75, 3.05) is 13.1 Å². The highest BCUT2D eigenvalue weighted by Gasteiger charge is 2.34. The Bertz CT molecular complexity index is 1280. The summed E-state index contributed by atoms with van der Waals surface area (Å²) in [7, 11) is -3.58. The van der Waals surface area contributed by atoms with Crippen LogP contribution in [0.1, 0.15) is 36.0 Å². The Morgan fingerprint density at radius 1 is 1.13 bits per heavy atom. The van der Waals surface area contributed by atoms with Crippen LogP contribution in [-0.2, 0) is 10.0 Å². The number of nitrogens with one attached hydrogen (secondary N) is 1. The number of sulfonamides is 1. The first-order valence-corrected chi connectivity index (χ1v) is 11.1. The van der Waals surface area contributed by atoms with Crippen LogP contribution in [0.5, 0.6) is 0 Å². The van der Waals surface area contributed by atoms with Crippen LogP contribution in [0.4, 0.5) is 0 Å². The maximum atomic E-state index is 13.1. The summed E-state index contributed by atoms with van der Waals surface area (Å²) >= 11 is 0. The van der Waals surface area contributed by atoms with Gasteiger partial charge in [-0.3, -0.25) is 5.10 Å². The van der Waals surface area contributed by atoms with Gasteiger partial charge in [0.25, 0.3) is 0 Å². The van der Waals surface area contributed by atoms with Gasteiger partial charge < -0.3 is 0 Å². The van der Waals surface area contributed by atoms with Gasteiger partial charge in [0.05, 0.1) is 11.4 Å². The third kappa shape index (κ3) is 2.99. The molecule has 12 heteroatoms. The van der Waals surface area contributed by atoms with Crippen LogP contribution in [-0.4, -0.2) is 65.6 Å². The van der Waals surface area contributed by atoms with Gasteiger partial charge in [-0.15, -0.1) is 15.3 Å². The lowest BCUT2D eigenvalue weighted by atomic mass is 9.97. The molecule has 0 spiro atoms. The highest BCUT2D eigenvalue weighted by molar-refractivity contribution is 7.89. The summed E-state index contributed by atoms with van der Waals surface area (Å²) in [6.07, 6.45) is 4.80. The third-order valence-corrected chi connectivity index (χ3v) is 7.65. The zero-order valence-corrected chi connectivity index (χ0v) is 17.4. The Labute approximate surface area is 172 Å². The molecule has 0 unspecified atom stereocenters. The van der Waals surface area contributed by atoms with E-state index < -0.39 is 10.0 Å². The number of rotatable bonds is 4. The molecule has 0 aliphatic carbocycles. The number of hydrogen-bond acceptors (Lipinski definition) is 7.